The molecule has 2 rings (SSSR count). The van der Waals surface area contributed by atoms with Gasteiger partial charge in [0, 0.05) is 11.6 Å². The molecule has 0 N–H and O–H groups in total. The van der Waals surface area contributed by atoms with Gasteiger partial charge in [0.2, 0.25) is 0 Å². The number of carbonyl (C=O) groups is 1. The van der Waals surface area contributed by atoms with E-state index in [0.29, 0.717) is 12.6 Å². The van der Waals surface area contributed by atoms with Gasteiger partial charge in [-0.2, -0.15) is 0 Å². The molecule has 0 heterocycles. The van der Waals surface area contributed by atoms with E-state index in [9.17, 15) is 4.79 Å². The molecule has 0 aromatic heterocycles. The number of aryl methyl sites for hydroxylation is 1. The zero-order valence-corrected chi connectivity index (χ0v) is 12.4. The van der Waals surface area contributed by atoms with Crippen LogP contribution in [-0.4, -0.2) is 30.3 Å². The van der Waals surface area contributed by atoms with E-state index in [2.05, 4.69) is 18.9 Å². The highest BCUT2D eigenvalue weighted by Gasteiger charge is 2.23. The third kappa shape index (κ3) is 3.90. The molecule has 1 aromatic rings. The topological polar surface area (TPSA) is 20.3 Å². The Morgan fingerprint density at radius 2 is 1.74 bits per heavy atom. The number of rotatable bonds is 4. The molecule has 2 nitrogen and oxygen atoms in total. The van der Waals surface area contributed by atoms with Gasteiger partial charge in [-0.3, -0.25) is 9.69 Å². The average Bonchev–Trinajstić information content (AvgIpc) is 2.40. The molecule has 19 heavy (non-hydrogen) atoms. The molecule has 1 aliphatic carbocycles. The van der Waals surface area contributed by atoms with Crippen LogP contribution in [0.4, 0.5) is 0 Å². The lowest BCUT2D eigenvalue weighted by Crippen LogP contribution is -2.38. The maximum absolute atomic E-state index is 12.2. The van der Waals surface area contributed by atoms with Gasteiger partial charge in [0.05, 0.1) is 6.54 Å². The summed E-state index contributed by atoms with van der Waals surface area (Å²) < 4.78 is 0. The average molecular weight is 259 g/mol. The van der Waals surface area contributed by atoms with Crippen molar-refractivity contribution in [2.45, 2.75) is 45.6 Å². The SMILES string of the molecule is Cc1ccc(C(=O)CN(C)C2CCC(C)CC2)cc1. The van der Waals surface area contributed by atoms with Crippen LogP contribution in [-0.2, 0) is 0 Å². The zero-order chi connectivity index (χ0) is 13.8. The van der Waals surface area contributed by atoms with Crippen molar-refractivity contribution in [3.05, 3.63) is 35.4 Å². The fourth-order valence-corrected chi connectivity index (χ4v) is 2.87. The van der Waals surface area contributed by atoms with Crippen LogP contribution in [0.25, 0.3) is 0 Å². The number of nitrogens with zero attached hydrogens (tertiary/aromatic N) is 1. The normalized spacial score (nSPS) is 23.6. The summed E-state index contributed by atoms with van der Waals surface area (Å²) in [4.78, 5) is 14.5. The van der Waals surface area contributed by atoms with Gasteiger partial charge in [0.1, 0.15) is 0 Å². The summed E-state index contributed by atoms with van der Waals surface area (Å²) in [7, 11) is 2.09. The van der Waals surface area contributed by atoms with Crippen molar-refractivity contribution < 1.29 is 4.79 Å². The first-order chi connectivity index (χ1) is 9.06. The highest BCUT2D eigenvalue weighted by atomic mass is 16.1. The second kappa shape index (κ2) is 6.33. The molecule has 1 aromatic carbocycles. The lowest BCUT2D eigenvalue weighted by molar-refractivity contribution is 0.0889. The van der Waals surface area contributed by atoms with Crippen LogP contribution in [0.1, 0.15) is 48.5 Å². The summed E-state index contributed by atoms with van der Waals surface area (Å²) in [6, 6.07) is 8.49. The number of Topliss-reactive ketones (excluding diaryl/α,β-unsaturated/α-hetero) is 1. The monoisotopic (exact) mass is 259 g/mol. The number of benzene rings is 1. The Bertz CT molecular complexity index is 415. The molecule has 1 aliphatic rings. The molecule has 0 radical (unpaired) electrons. The first kappa shape index (κ1) is 14.3. The fraction of sp³-hybridized carbons (Fsp3) is 0.588. The Labute approximate surface area is 116 Å². The van der Waals surface area contributed by atoms with Crippen molar-refractivity contribution in [3.8, 4) is 0 Å². The van der Waals surface area contributed by atoms with Crippen LogP contribution in [0.5, 0.6) is 0 Å². The summed E-state index contributed by atoms with van der Waals surface area (Å²) in [5, 5.41) is 0. The summed E-state index contributed by atoms with van der Waals surface area (Å²) in [5.41, 5.74) is 2.04. The van der Waals surface area contributed by atoms with Crippen molar-refractivity contribution in [3.63, 3.8) is 0 Å². The van der Waals surface area contributed by atoms with E-state index in [-0.39, 0.29) is 5.78 Å². The molecule has 0 aliphatic heterocycles. The molecule has 0 atom stereocenters. The smallest absolute Gasteiger partial charge is 0.176 e. The highest BCUT2D eigenvalue weighted by Crippen LogP contribution is 2.26. The predicted octanol–water partition coefficient (Wildman–Crippen LogP) is 3.69. The van der Waals surface area contributed by atoms with Crippen molar-refractivity contribution >= 4 is 5.78 Å². The van der Waals surface area contributed by atoms with Gasteiger partial charge in [-0.25, -0.2) is 0 Å². The quantitative estimate of drug-likeness (QED) is 0.769. The molecule has 0 bridgehead atoms. The molecular formula is C17H25NO. The van der Waals surface area contributed by atoms with E-state index in [1.54, 1.807) is 0 Å². The summed E-state index contributed by atoms with van der Waals surface area (Å²) in [6.45, 7) is 4.92. The Morgan fingerprint density at radius 1 is 1.16 bits per heavy atom. The Balaban J connectivity index is 1.89. The van der Waals surface area contributed by atoms with E-state index >= 15 is 0 Å². The number of carbonyl (C=O) groups excluding carboxylic acids is 1. The molecule has 0 saturated heterocycles. The van der Waals surface area contributed by atoms with Crippen molar-refractivity contribution in [1.29, 1.82) is 0 Å². The van der Waals surface area contributed by atoms with Gasteiger partial charge in [0.25, 0.3) is 0 Å². The standard InChI is InChI=1S/C17H25NO/c1-13-4-8-15(9-5-13)17(19)12-18(3)16-10-6-14(2)7-11-16/h4-5,8-9,14,16H,6-7,10-12H2,1-3H3. The third-order valence-electron chi connectivity index (χ3n) is 4.38. The van der Waals surface area contributed by atoms with E-state index in [4.69, 9.17) is 0 Å². The Morgan fingerprint density at radius 3 is 2.32 bits per heavy atom. The van der Waals surface area contributed by atoms with Gasteiger partial charge in [0.15, 0.2) is 5.78 Å². The van der Waals surface area contributed by atoms with Crippen LogP contribution in [0, 0.1) is 12.8 Å². The zero-order valence-electron chi connectivity index (χ0n) is 12.4. The van der Waals surface area contributed by atoms with Crippen molar-refractivity contribution in [1.82, 2.24) is 4.90 Å². The van der Waals surface area contributed by atoms with Crippen LogP contribution in [0.3, 0.4) is 0 Å². The largest absolute Gasteiger partial charge is 0.296 e. The van der Waals surface area contributed by atoms with Crippen LogP contribution >= 0.6 is 0 Å². The lowest BCUT2D eigenvalue weighted by atomic mass is 9.86. The molecule has 1 fully saturated rings. The predicted molar refractivity (Wildman–Crippen MR) is 79.6 cm³/mol. The van der Waals surface area contributed by atoms with Gasteiger partial charge >= 0.3 is 0 Å². The number of likely N-dealkylation sites (N-methyl/N-ethyl adjacent to an activating group) is 1. The van der Waals surface area contributed by atoms with Crippen LogP contribution < -0.4 is 0 Å². The van der Waals surface area contributed by atoms with Crippen molar-refractivity contribution in [2.24, 2.45) is 5.92 Å². The van der Waals surface area contributed by atoms with Crippen LogP contribution in [0.2, 0.25) is 0 Å². The van der Waals surface area contributed by atoms with Crippen LogP contribution in [0.15, 0.2) is 24.3 Å². The molecule has 0 amide bonds. The second-order valence-corrected chi connectivity index (χ2v) is 6.12. The Kier molecular flexibility index (Phi) is 4.76. The minimum Gasteiger partial charge on any atom is -0.296 e. The fourth-order valence-electron chi connectivity index (χ4n) is 2.87. The lowest BCUT2D eigenvalue weighted by Gasteiger charge is -2.33. The molecule has 1 saturated carbocycles. The first-order valence-electron chi connectivity index (χ1n) is 7.36. The first-order valence-corrected chi connectivity index (χ1v) is 7.36. The minimum atomic E-state index is 0.237. The third-order valence-corrected chi connectivity index (χ3v) is 4.38. The summed E-state index contributed by atoms with van der Waals surface area (Å²) >= 11 is 0. The maximum atomic E-state index is 12.2. The van der Waals surface area contributed by atoms with E-state index < -0.39 is 0 Å². The highest BCUT2D eigenvalue weighted by molar-refractivity contribution is 5.97. The number of hydrogen-bond donors (Lipinski definition) is 0. The van der Waals surface area contributed by atoms with E-state index in [1.807, 2.05) is 31.2 Å². The van der Waals surface area contributed by atoms with E-state index in [1.165, 1.54) is 31.2 Å². The number of hydrogen-bond acceptors (Lipinski definition) is 2. The molecule has 104 valence electrons. The van der Waals surface area contributed by atoms with Gasteiger partial charge in [-0.05, 0) is 45.6 Å². The summed E-state index contributed by atoms with van der Waals surface area (Å²) in [6.07, 6.45) is 5.07. The van der Waals surface area contributed by atoms with Gasteiger partial charge in [-0.15, -0.1) is 0 Å². The van der Waals surface area contributed by atoms with Gasteiger partial charge < -0.3 is 0 Å². The Hall–Kier alpha value is -1.15. The summed E-state index contributed by atoms with van der Waals surface area (Å²) in [5.74, 6) is 1.10. The maximum Gasteiger partial charge on any atom is 0.176 e. The molecular weight excluding hydrogens is 234 g/mol. The van der Waals surface area contributed by atoms with Crippen molar-refractivity contribution in [2.75, 3.05) is 13.6 Å². The van der Waals surface area contributed by atoms with Gasteiger partial charge in [-0.1, -0.05) is 36.8 Å². The molecule has 0 spiro atoms. The van der Waals surface area contributed by atoms with E-state index in [0.717, 1.165) is 11.5 Å². The minimum absolute atomic E-state index is 0.237. The second-order valence-electron chi connectivity index (χ2n) is 6.12. The molecule has 0 unspecified atom stereocenters. The number of ketones is 1. The molecule has 2 heteroatoms.